The Labute approximate surface area is 131 Å². The van der Waals surface area contributed by atoms with Gasteiger partial charge in [-0.25, -0.2) is 4.98 Å². The van der Waals surface area contributed by atoms with Gasteiger partial charge in [-0.3, -0.25) is 0 Å². The van der Waals surface area contributed by atoms with E-state index in [0.29, 0.717) is 9.79 Å². The molecule has 3 rings (SSSR count). The van der Waals surface area contributed by atoms with Crippen LogP contribution in [0.3, 0.4) is 0 Å². The molecule has 0 saturated heterocycles. The first kappa shape index (κ1) is 13.8. The Hall–Kier alpha value is -1.17. The average Bonchev–Trinajstić information content (AvgIpc) is 3.01. The highest BCUT2D eigenvalue weighted by molar-refractivity contribution is 7.71. The zero-order valence-corrected chi connectivity index (χ0v) is 13.6. The summed E-state index contributed by atoms with van der Waals surface area (Å²) in [5.74, 6) is 0. The van der Waals surface area contributed by atoms with E-state index >= 15 is 0 Å². The number of hydrogen-bond donors (Lipinski definition) is 1. The topological polar surface area (TPSA) is 33.6 Å². The number of aromatic amines is 1. The molecule has 6 heteroatoms. The number of aryl methyl sites for hydroxylation is 1. The second-order valence-corrected chi connectivity index (χ2v) is 6.63. The van der Waals surface area contributed by atoms with E-state index in [1.807, 2.05) is 24.4 Å². The van der Waals surface area contributed by atoms with Gasteiger partial charge in [0.25, 0.3) is 0 Å². The number of hydrogen-bond acceptors (Lipinski definition) is 3. The number of nitrogens with zero attached hydrogens (tertiary/aromatic N) is 2. The molecule has 0 aliphatic heterocycles. The predicted octanol–water partition coefficient (Wildman–Crippen LogP) is 4.98. The van der Waals surface area contributed by atoms with Gasteiger partial charge in [0.05, 0.1) is 17.1 Å². The summed E-state index contributed by atoms with van der Waals surface area (Å²) in [6.45, 7) is 4.25. The molecular formula is C14H14ClN3S2. The number of H-pyrrole nitrogens is 1. The second-order valence-electron chi connectivity index (χ2n) is 4.66. The molecule has 1 unspecified atom stereocenters. The zero-order valence-electron chi connectivity index (χ0n) is 11.2. The van der Waals surface area contributed by atoms with Crippen LogP contribution < -0.4 is 0 Å². The maximum Gasteiger partial charge on any atom is 0.178 e. The van der Waals surface area contributed by atoms with Crippen LogP contribution in [0.15, 0.2) is 24.4 Å². The van der Waals surface area contributed by atoms with Crippen LogP contribution in [-0.4, -0.2) is 14.5 Å². The fraction of sp³-hybridized carbons (Fsp3) is 0.286. The van der Waals surface area contributed by atoms with Crippen molar-refractivity contribution in [3.8, 4) is 0 Å². The van der Waals surface area contributed by atoms with E-state index in [0.717, 1.165) is 22.5 Å². The van der Waals surface area contributed by atoms with E-state index in [4.69, 9.17) is 23.8 Å². The summed E-state index contributed by atoms with van der Waals surface area (Å²) in [5, 5.41) is 1.78. The molecule has 0 aliphatic rings. The van der Waals surface area contributed by atoms with Gasteiger partial charge in [-0.05, 0) is 43.8 Å². The number of halogens is 1. The van der Waals surface area contributed by atoms with Gasteiger partial charge >= 0.3 is 0 Å². The summed E-state index contributed by atoms with van der Waals surface area (Å²) >= 11 is 13.3. The molecule has 2 aromatic heterocycles. The van der Waals surface area contributed by atoms with E-state index in [1.165, 1.54) is 4.88 Å². The third kappa shape index (κ3) is 2.30. The van der Waals surface area contributed by atoms with Crippen molar-refractivity contribution in [2.45, 2.75) is 26.3 Å². The Morgan fingerprint density at radius 1 is 1.50 bits per heavy atom. The average molecular weight is 324 g/mol. The first-order valence-electron chi connectivity index (χ1n) is 6.44. The third-order valence-electron chi connectivity index (χ3n) is 3.34. The molecule has 1 N–H and O–H groups in total. The summed E-state index contributed by atoms with van der Waals surface area (Å²) < 4.78 is 2.78. The number of nitrogens with one attached hydrogen (secondary N) is 1. The number of rotatable bonds is 3. The van der Waals surface area contributed by atoms with Gasteiger partial charge in [0.1, 0.15) is 5.01 Å². The summed E-state index contributed by atoms with van der Waals surface area (Å²) in [4.78, 5) is 9.03. The smallest absolute Gasteiger partial charge is 0.178 e. The molecule has 104 valence electrons. The summed E-state index contributed by atoms with van der Waals surface area (Å²) in [6, 6.07) is 5.85. The van der Waals surface area contributed by atoms with E-state index in [-0.39, 0.29) is 6.04 Å². The van der Waals surface area contributed by atoms with Crippen LogP contribution in [-0.2, 0) is 6.42 Å². The quantitative estimate of drug-likeness (QED) is 0.690. The molecule has 0 aliphatic carbocycles. The molecular weight excluding hydrogens is 310 g/mol. The Kier molecular flexibility index (Phi) is 3.67. The summed E-state index contributed by atoms with van der Waals surface area (Å²) in [7, 11) is 0. The number of aromatic nitrogens is 3. The van der Waals surface area contributed by atoms with Gasteiger partial charge < -0.3 is 9.55 Å². The van der Waals surface area contributed by atoms with E-state index < -0.39 is 0 Å². The molecule has 1 aromatic carbocycles. The lowest BCUT2D eigenvalue weighted by Gasteiger charge is -2.11. The van der Waals surface area contributed by atoms with Gasteiger partial charge in [-0.2, -0.15) is 0 Å². The fourth-order valence-corrected chi connectivity index (χ4v) is 3.70. The van der Waals surface area contributed by atoms with Crippen LogP contribution in [0.25, 0.3) is 11.0 Å². The van der Waals surface area contributed by atoms with Crippen LogP contribution in [0.2, 0.25) is 5.02 Å². The minimum Gasteiger partial charge on any atom is -0.331 e. The lowest BCUT2D eigenvalue weighted by molar-refractivity contribution is 0.644. The Morgan fingerprint density at radius 2 is 2.30 bits per heavy atom. The summed E-state index contributed by atoms with van der Waals surface area (Å²) in [6.07, 6.45) is 2.96. The second kappa shape index (κ2) is 5.31. The number of benzene rings is 1. The zero-order chi connectivity index (χ0) is 14.3. The van der Waals surface area contributed by atoms with Crippen LogP contribution >= 0.6 is 35.2 Å². The third-order valence-corrected chi connectivity index (χ3v) is 5.19. The molecule has 0 saturated carbocycles. The van der Waals surface area contributed by atoms with Crippen LogP contribution in [0, 0.1) is 4.77 Å². The van der Waals surface area contributed by atoms with Crippen molar-refractivity contribution in [2.75, 3.05) is 0 Å². The molecule has 0 spiro atoms. The molecule has 3 nitrogen and oxygen atoms in total. The highest BCUT2D eigenvalue weighted by Crippen LogP contribution is 2.28. The molecule has 0 radical (unpaired) electrons. The Morgan fingerprint density at radius 3 is 3.00 bits per heavy atom. The standard InChI is InChI=1S/C14H14ClN3S2/c1-3-10-7-16-13(20-10)8(2)18-12-6-9(15)4-5-11(12)17-14(18)19/h4-8H,3H2,1-2H3,(H,17,19). The first-order valence-corrected chi connectivity index (χ1v) is 8.04. The normalized spacial score (nSPS) is 12.9. The van der Waals surface area contributed by atoms with Crippen molar-refractivity contribution in [2.24, 2.45) is 0 Å². The summed E-state index contributed by atoms with van der Waals surface area (Å²) in [5.41, 5.74) is 2.02. The van der Waals surface area contributed by atoms with Crippen molar-refractivity contribution >= 4 is 46.2 Å². The lowest BCUT2D eigenvalue weighted by Crippen LogP contribution is -2.06. The minimum absolute atomic E-state index is 0.0972. The lowest BCUT2D eigenvalue weighted by atomic mass is 10.3. The Balaban J connectivity index is 2.15. The molecule has 0 bridgehead atoms. The molecule has 1 atom stereocenters. The Bertz CT molecular complexity index is 815. The van der Waals surface area contributed by atoms with Gasteiger partial charge in [0.2, 0.25) is 0 Å². The SMILES string of the molecule is CCc1cnc(C(C)n2c(=S)[nH]c3ccc(Cl)cc32)s1. The molecule has 0 fully saturated rings. The van der Waals surface area contributed by atoms with Crippen molar-refractivity contribution in [3.05, 3.63) is 44.1 Å². The molecule has 3 aromatic rings. The maximum atomic E-state index is 6.10. The predicted molar refractivity (Wildman–Crippen MR) is 87.4 cm³/mol. The van der Waals surface area contributed by atoms with Crippen molar-refractivity contribution < 1.29 is 0 Å². The van der Waals surface area contributed by atoms with E-state index in [2.05, 4.69) is 28.4 Å². The van der Waals surface area contributed by atoms with Gasteiger partial charge in [-0.1, -0.05) is 18.5 Å². The maximum absolute atomic E-state index is 6.10. The number of thiazole rings is 1. The first-order chi connectivity index (χ1) is 9.60. The number of fused-ring (bicyclic) bond motifs is 1. The highest BCUT2D eigenvalue weighted by Gasteiger charge is 2.16. The molecule has 20 heavy (non-hydrogen) atoms. The minimum atomic E-state index is 0.0972. The van der Waals surface area contributed by atoms with E-state index in [9.17, 15) is 0 Å². The van der Waals surface area contributed by atoms with Crippen LogP contribution in [0.4, 0.5) is 0 Å². The largest absolute Gasteiger partial charge is 0.331 e. The van der Waals surface area contributed by atoms with Gasteiger partial charge in [0, 0.05) is 16.1 Å². The van der Waals surface area contributed by atoms with Crippen LogP contribution in [0.1, 0.15) is 29.8 Å². The van der Waals surface area contributed by atoms with Crippen molar-refractivity contribution in [1.82, 2.24) is 14.5 Å². The van der Waals surface area contributed by atoms with E-state index in [1.54, 1.807) is 11.3 Å². The van der Waals surface area contributed by atoms with Crippen LogP contribution in [0.5, 0.6) is 0 Å². The highest BCUT2D eigenvalue weighted by atomic mass is 35.5. The molecule has 2 heterocycles. The van der Waals surface area contributed by atoms with Crippen molar-refractivity contribution in [3.63, 3.8) is 0 Å². The number of imidazole rings is 1. The van der Waals surface area contributed by atoms with Crippen molar-refractivity contribution in [1.29, 1.82) is 0 Å². The monoisotopic (exact) mass is 323 g/mol. The fourth-order valence-electron chi connectivity index (χ4n) is 2.27. The van der Waals surface area contributed by atoms with Gasteiger partial charge in [-0.15, -0.1) is 11.3 Å². The van der Waals surface area contributed by atoms with Gasteiger partial charge in [0.15, 0.2) is 4.77 Å². The molecule has 0 amide bonds.